The Morgan fingerprint density at radius 1 is 1.53 bits per heavy atom. The number of esters is 1. The number of oxime groups is 1. The van der Waals surface area contributed by atoms with E-state index < -0.39 is 12.2 Å². The lowest BCUT2D eigenvalue weighted by Gasteiger charge is -2.18. The zero-order chi connectivity index (χ0) is 12.3. The van der Waals surface area contributed by atoms with E-state index in [1.54, 1.807) is 31.2 Å². The van der Waals surface area contributed by atoms with Gasteiger partial charge in [0.1, 0.15) is 0 Å². The predicted octanol–water partition coefficient (Wildman–Crippen LogP) is 0.676. The van der Waals surface area contributed by atoms with Crippen molar-refractivity contribution in [2.45, 2.75) is 13.2 Å². The maximum Gasteiger partial charge on any atom is 0.361 e. The van der Waals surface area contributed by atoms with Gasteiger partial charge in [-0.15, -0.1) is 5.06 Å². The van der Waals surface area contributed by atoms with Gasteiger partial charge in [0.25, 0.3) is 0 Å². The number of nitrogens with zero attached hydrogens (tertiary/aromatic N) is 2. The third-order valence-electron chi connectivity index (χ3n) is 2.19. The zero-order valence-corrected chi connectivity index (χ0v) is 9.24. The summed E-state index contributed by atoms with van der Waals surface area (Å²) in [5.41, 5.74) is 0.443. The van der Waals surface area contributed by atoms with Crippen LogP contribution in [-0.4, -0.2) is 29.6 Å². The Morgan fingerprint density at radius 2 is 2.24 bits per heavy atom. The SMILES string of the molecule is CCOC(=O)C1=NON(c2ccccc2)C1O. The number of carbonyl (C=O) groups is 1. The number of aliphatic hydroxyl groups is 1. The number of benzene rings is 1. The van der Waals surface area contributed by atoms with Crippen molar-refractivity contribution in [2.24, 2.45) is 5.16 Å². The van der Waals surface area contributed by atoms with E-state index in [4.69, 9.17) is 9.68 Å². The molecule has 1 aliphatic rings. The molecule has 2 rings (SSSR count). The average Bonchev–Trinajstić information content (AvgIpc) is 2.72. The van der Waals surface area contributed by atoms with Crippen LogP contribution in [0.1, 0.15) is 6.92 Å². The van der Waals surface area contributed by atoms with Gasteiger partial charge in [0.2, 0.25) is 11.9 Å². The molecule has 0 fully saturated rings. The van der Waals surface area contributed by atoms with Crippen LogP contribution in [0.15, 0.2) is 35.5 Å². The van der Waals surface area contributed by atoms with Crippen molar-refractivity contribution >= 4 is 17.4 Å². The van der Waals surface area contributed by atoms with Gasteiger partial charge >= 0.3 is 5.97 Å². The summed E-state index contributed by atoms with van der Waals surface area (Å²) in [4.78, 5) is 16.3. The first-order valence-corrected chi connectivity index (χ1v) is 5.18. The van der Waals surface area contributed by atoms with Crippen molar-refractivity contribution in [1.29, 1.82) is 0 Å². The summed E-state index contributed by atoms with van der Waals surface area (Å²) in [6.45, 7) is 1.89. The Labute approximate surface area is 98.0 Å². The first-order valence-electron chi connectivity index (χ1n) is 5.18. The summed E-state index contributed by atoms with van der Waals surface area (Å²) >= 11 is 0. The molecule has 6 heteroatoms. The van der Waals surface area contributed by atoms with Gasteiger partial charge < -0.3 is 9.84 Å². The molecule has 0 saturated heterocycles. The Bertz CT molecular complexity index is 432. The molecule has 1 aliphatic heterocycles. The summed E-state index contributed by atoms with van der Waals surface area (Å²) in [5.74, 6) is -0.682. The molecular formula is C11H12N2O4. The molecule has 1 N–H and O–H groups in total. The minimum absolute atomic E-state index is 0.157. The maximum atomic E-state index is 11.4. The van der Waals surface area contributed by atoms with E-state index in [0.29, 0.717) is 5.69 Å². The number of ether oxygens (including phenoxy) is 1. The maximum absolute atomic E-state index is 11.4. The summed E-state index contributed by atoms with van der Waals surface area (Å²) in [5, 5.41) is 14.5. The fraction of sp³-hybridized carbons (Fsp3) is 0.273. The number of rotatable bonds is 3. The highest BCUT2D eigenvalue weighted by Gasteiger charge is 2.36. The fourth-order valence-electron chi connectivity index (χ4n) is 1.40. The van der Waals surface area contributed by atoms with Crippen LogP contribution in [0.3, 0.4) is 0 Å². The van der Waals surface area contributed by atoms with Gasteiger partial charge in [-0.05, 0) is 24.2 Å². The number of hydrogen-bond acceptors (Lipinski definition) is 6. The van der Waals surface area contributed by atoms with E-state index in [1.807, 2.05) is 6.07 Å². The number of aliphatic hydroxyl groups excluding tert-OH is 1. The number of hydroxylamine groups is 1. The molecule has 0 amide bonds. The third-order valence-corrected chi connectivity index (χ3v) is 2.19. The lowest BCUT2D eigenvalue weighted by atomic mass is 10.2. The quantitative estimate of drug-likeness (QED) is 0.781. The Balaban J connectivity index is 2.11. The number of anilines is 1. The molecule has 1 heterocycles. The minimum Gasteiger partial charge on any atom is -0.461 e. The molecule has 0 saturated carbocycles. The second-order valence-electron chi connectivity index (χ2n) is 3.31. The smallest absolute Gasteiger partial charge is 0.361 e. The summed E-state index contributed by atoms with van der Waals surface area (Å²) in [6.07, 6.45) is -1.25. The lowest BCUT2D eigenvalue weighted by molar-refractivity contribution is -0.135. The van der Waals surface area contributed by atoms with E-state index in [2.05, 4.69) is 5.16 Å². The second kappa shape index (κ2) is 4.84. The molecule has 1 unspecified atom stereocenters. The first-order chi connectivity index (χ1) is 8.24. The Kier molecular flexibility index (Phi) is 3.24. The van der Waals surface area contributed by atoms with Crippen LogP contribution in [0.2, 0.25) is 0 Å². The molecule has 90 valence electrons. The van der Waals surface area contributed by atoms with Crippen LogP contribution >= 0.6 is 0 Å². The first kappa shape index (κ1) is 11.4. The van der Waals surface area contributed by atoms with Crippen LogP contribution in [0.5, 0.6) is 0 Å². The molecule has 1 aromatic carbocycles. The van der Waals surface area contributed by atoms with Crippen molar-refractivity contribution in [3.05, 3.63) is 30.3 Å². The van der Waals surface area contributed by atoms with E-state index in [0.717, 1.165) is 5.06 Å². The van der Waals surface area contributed by atoms with Gasteiger partial charge in [0.15, 0.2) is 0 Å². The van der Waals surface area contributed by atoms with Crippen molar-refractivity contribution in [3.8, 4) is 0 Å². The van der Waals surface area contributed by atoms with E-state index in [-0.39, 0.29) is 12.3 Å². The van der Waals surface area contributed by atoms with Crippen LogP contribution in [0, 0.1) is 0 Å². The standard InChI is InChI=1S/C11H12N2O4/c1-2-16-11(15)9-10(14)13(17-12-9)8-6-4-3-5-7-8/h3-7,10,14H,2H2,1H3. The molecule has 0 aliphatic carbocycles. The van der Waals surface area contributed by atoms with Gasteiger partial charge in [-0.3, -0.25) is 4.94 Å². The van der Waals surface area contributed by atoms with Crippen molar-refractivity contribution in [3.63, 3.8) is 0 Å². The molecule has 6 nitrogen and oxygen atoms in total. The normalized spacial score (nSPS) is 18.6. The van der Waals surface area contributed by atoms with Crippen LogP contribution in [0.4, 0.5) is 5.69 Å². The predicted molar refractivity (Wildman–Crippen MR) is 60.1 cm³/mol. The van der Waals surface area contributed by atoms with Crippen LogP contribution in [-0.2, 0) is 14.5 Å². The highest BCUT2D eigenvalue weighted by atomic mass is 16.8. The molecule has 0 bridgehead atoms. The topological polar surface area (TPSA) is 71.4 Å². The summed E-state index contributed by atoms with van der Waals surface area (Å²) in [7, 11) is 0. The van der Waals surface area contributed by atoms with Gasteiger partial charge in [-0.25, -0.2) is 4.79 Å². The molecular weight excluding hydrogens is 224 g/mol. The highest BCUT2D eigenvalue weighted by Crippen LogP contribution is 2.21. The molecule has 0 radical (unpaired) electrons. The van der Waals surface area contributed by atoms with E-state index in [9.17, 15) is 9.90 Å². The molecule has 1 aromatic rings. The zero-order valence-electron chi connectivity index (χ0n) is 9.24. The highest BCUT2D eigenvalue weighted by molar-refractivity contribution is 6.38. The summed E-state index contributed by atoms with van der Waals surface area (Å²) in [6, 6.07) is 8.86. The minimum atomic E-state index is -1.25. The monoisotopic (exact) mass is 236 g/mol. The van der Waals surface area contributed by atoms with Gasteiger partial charge in [-0.1, -0.05) is 18.2 Å². The third kappa shape index (κ3) is 2.21. The summed E-state index contributed by atoms with van der Waals surface area (Å²) < 4.78 is 4.74. The number of hydrogen-bond donors (Lipinski definition) is 1. The van der Waals surface area contributed by atoms with Crippen molar-refractivity contribution < 1.29 is 19.6 Å². The van der Waals surface area contributed by atoms with Crippen molar-refractivity contribution in [1.82, 2.24) is 0 Å². The van der Waals surface area contributed by atoms with Gasteiger partial charge in [-0.2, -0.15) is 0 Å². The Hall–Kier alpha value is -2.08. The second-order valence-corrected chi connectivity index (χ2v) is 3.31. The van der Waals surface area contributed by atoms with Crippen molar-refractivity contribution in [2.75, 3.05) is 11.7 Å². The lowest BCUT2D eigenvalue weighted by Crippen LogP contribution is -2.38. The molecule has 0 spiro atoms. The van der Waals surface area contributed by atoms with Gasteiger partial charge in [0, 0.05) is 0 Å². The van der Waals surface area contributed by atoms with Crippen LogP contribution in [0.25, 0.3) is 0 Å². The van der Waals surface area contributed by atoms with Gasteiger partial charge in [0.05, 0.1) is 12.3 Å². The average molecular weight is 236 g/mol. The van der Waals surface area contributed by atoms with E-state index in [1.165, 1.54) is 0 Å². The number of carbonyl (C=O) groups excluding carboxylic acids is 1. The number of para-hydroxylation sites is 1. The molecule has 1 atom stereocenters. The molecule has 0 aromatic heterocycles. The Morgan fingerprint density at radius 3 is 2.88 bits per heavy atom. The largest absolute Gasteiger partial charge is 0.461 e. The fourth-order valence-corrected chi connectivity index (χ4v) is 1.40. The van der Waals surface area contributed by atoms with Crippen LogP contribution < -0.4 is 5.06 Å². The molecule has 17 heavy (non-hydrogen) atoms. The van der Waals surface area contributed by atoms with E-state index >= 15 is 0 Å².